The van der Waals surface area contributed by atoms with Gasteiger partial charge in [0.25, 0.3) is 5.91 Å². The number of fused-ring (bicyclic) bond motifs is 3. The minimum atomic E-state index is -1.02. The Morgan fingerprint density at radius 1 is 1.17 bits per heavy atom. The van der Waals surface area contributed by atoms with Crippen LogP contribution in [0.5, 0.6) is 0 Å². The molecule has 1 saturated heterocycles. The van der Waals surface area contributed by atoms with E-state index in [-0.39, 0.29) is 6.61 Å². The van der Waals surface area contributed by atoms with Gasteiger partial charge in [0.15, 0.2) is 0 Å². The van der Waals surface area contributed by atoms with E-state index in [9.17, 15) is 19.2 Å². The van der Waals surface area contributed by atoms with Crippen LogP contribution in [0.4, 0.5) is 4.79 Å². The molecule has 0 aliphatic carbocycles. The molecule has 1 N–H and O–H groups in total. The number of urea groups is 1. The molecule has 0 radical (unpaired) electrons. The highest BCUT2D eigenvalue weighted by atomic mass is 16.5. The second kappa shape index (κ2) is 7.29. The van der Waals surface area contributed by atoms with Crippen molar-refractivity contribution in [1.29, 1.82) is 0 Å². The molecule has 0 bridgehead atoms. The molecule has 3 amide bonds. The second-order valence-electron chi connectivity index (χ2n) is 7.42. The average Bonchev–Trinajstić information content (AvgIpc) is 2.95. The van der Waals surface area contributed by atoms with Crippen molar-refractivity contribution in [2.45, 2.75) is 32.4 Å². The van der Waals surface area contributed by atoms with Gasteiger partial charge in [-0.2, -0.15) is 0 Å². The smallest absolute Gasteiger partial charge is 0.336 e. The highest BCUT2D eigenvalue weighted by Gasteiger charge is 2.47. The molecular weight excluding hydrogens is 388 g/mol. The normalized spacial score (nSPS) is 18.8. The number of carbonyl (C=O) groups is 3. The molecule has 1 aliphatic rings. The summed E-state index contributed by atoms with van der Waals surface area (Å²) in [6.07, 6.45) is 0.405. The number of benzene rings is 2. The topological polar surface area (TPSA) is 106 Å². The number of hydrogen-bond acceptors (Lipinski definition) is 6. The zero-order valence-electron chi connectivity index (χ0n) is 16.6. The summed E-state index contributed by atoms with van der Waals surface area (Å²) < 4.78 is 10.6. The van der Waals surface area contributed by atoms with Gasteiger partial charge in [-0.3, -0.25) is 14.5 Å². The molecule has 1 aliphatic heterocycles. The van der Waals surface area contributed by atoms with E-state index in [2.05, 4.69) is 5.32 Å². The monoisotopic (exact) mass is 408 g/mol. The van der Waals surface area contributed by atoms with E-state index in [0.29, 0.717) is 23.0 Å². The van der Waals surface area contributed by atoms with Crippen LogP contribution in [0.25, 0.3) is 21.7 Å². The standard InChI is InChI=1S/C22H20N2O6/c1-3-22(2)20(27)24(21(28)23-22)11-18(26)29-12-14-10-17(25)30-16-9-8-13-6-4-5-7-15(13)19(14)16/h4-10H,3,11-12H2,1-2H3,(H,23,28)/t22-/m0/s1. The Morgan fingerprint density at radius 3 is 2.67 bits per heavy atom. The van der Waals surface area contributed by atoms with E-state index in [4.69, 9.17) is 9.15 Å². The van der Waals surface area contributed by atoms with Gasteiger partial charge in [-0.05, 0) is 30.2 Å². The summed E-state index contributed by atoms with van der Waals surface area (Å²) in [5, 5.41) is 5.07. The maximum Gasteiger partial charge on any atom is 0.336 e. The van der Waals surface area contributed by atoms with E-state index in [0.717, 1.165) is 15.7 Å². The molecule has 0 saturated carbocycles. The van der Waals surface area contributed by atoms with Gasteiger partial charge in [-0.15, -0.1) is 0 Å². The predicted molar refractivity (Wildman–Crippen MR) is 109 cm³/mol. The molecule has 8 nitrogen and oxygen atoms in total. The molecule has 1 fully saturated rings. The lowest BCUT2D eigenvalue weighted by molar-refractivity contribution is -0.148. The maximum atomic E-state index is 12.4. The molecule has 0 unspecified atom stereocenters. The summed E-state index contributed by atoms with van der Waals surface area (Å²) in [6, 6.07) is 11.8. The highest BCUT2D eigenvalue weighted by molar-refractivity contribution is 6.09. The van der Waals surface area contributed by atoms with Crippen molar-refractivity contribution in [2.75, 3.05) is 6.54 Å². The van der Waals surface area contributed by atoms with Crippen molar-refractivity contribution >= 4 is 39.6 Å². The quantitative estimate of drug-likeness (QED) is 0.301. The number of esters is 1. The first kappa shape index (κ1) is 19.6. The van der Waals surface area contributed by atoms with Gasteiger partial charge in [0.2, 0.25) is 0 Å². The highest BCUT2D eigenvalue weighted by Crippen LogP contribution is 2.28. The maximum absolute atomic E-state index is 12.4. The fourth-order valence-corrected chi connectivity index (χ4v) is 3.60. The number of hydrogen-bond donors (Lipinski definition) is 1. The van der Waals surface area contributed by atoms with Gasteiger partial charge in [0, 0.05) is 17.0 Å². The number of imide groups is 1. The van der Waals surface area contributed by atoms with E-state index >= 15 is 0 Å². The third-order valence-electron chi connectivity index (χ3n) is 5.44. The van der Waals surface area contributed by atoms with E-state index in [1.165, 1.54) is 6.07 Å². The zero-order chi connectivity index (χ0) is 21.5. The molecule has 0 spiro atoms. The number of rotatable bonds is 5. The van der Waals surface area contributed by atoms with Crippen LogP contribution in [0.1, 0.15) is 25.8 Å². The van der Waals surface area contributed by atoms with Gasteiger partial charge >= 0.3 is 17.6 Å². The summed E-state index contributed by atoms with van der Waals surface area (Å²) in [5.41, 5.74) is -0.705. The summed E-state index contributed by atoms with van der Waals surface area (Å²) in [6.45, 7) is 2.69. The van der Waals surface area contributed by atoms with Crippen LogP contribution in [-0.2, 0) is 20.9 Å². The molecule has 4 rings (SSSR count). The van der Waals surface area contributed by atoms with Gasteiger partial charge in [-0.25, -0.2) is 9.59 Å². The van der Waals surface area contributed by atoms with Crippen LogP contribution in [0.15, 0.2) is 51.7 Å². The molecule has 2 heterocycles. The van der Waals surface area contributed by atoms with Crippen molar-refractivity contribution < 1.29 is 23.5 Å². The summed E-state index contributed by atoms with van der Waals surface area (Å²) in [4.78, 5) is 49.6. The number of ether oxygens (including phenoxy) is 1. The Bertz CT molecular complexity index is 1250. The number of nitrogens with zero attached hydrogens (tertiary/aromatic N) is 1. The number of carbonyl (C=O) groups excluding carboxylic acids is 3. The SMILES string of the molecule is CC[C@]1(C)NC(=O)N(CC(=O)OCc2cc(=O)oc3ccc4ccccc4c23)C1=O. The molecule has 30 heavy (non-hydrogen) atoms. The largest absolute Gasteiger partial charge is 0.459 e. The Labute approximate surface area is 171 Å². The van der Waals surface area contributed by atoms with Crippen molar-refractivity contribution in [3.8, 4) is 0 Å². The van der Waals surface area contributed by atoms with Crippen LogP contribution in [-0.4, -0.2) is 34.9 Å². The predicted octanol–water partition coefficient (Wildman–Crippen LogP) is 2.71. The van der Waals surface area contributed by atoms with Crippen molar-refractivity contribution in [3.63, 3.8) is 0 Å². The molecule has 1 atom stereocenters. The Balaban J connectivity index is 1.57. The third kappa shape index (κ3) is 3.30. The van der Waals surface area contributed by atoms with Gasteiger partial charge < -0.3 is 14.5 Å². The van der Waals surface area contributed by atoms with Gasteiger partial charge in [0.05, 0.1) is 0 Å². The molecule has 1 aromatic heterocycles. The third-order valence-corrected chi connectivity index (χ3v) is 5.44. The lowest BCUT2D eigenvalue weighted by Crippen LogP contribution is -2.43. The van der Waals surface area contributed by atoms with Crippen LogP contribution in [0, 0.1) is 0 Å². The minimum Gasteiger partial charge on any atom is -0.459 e. The van der Waals surface area contributed by atoms with Crippen molar-refractivity contribution in [3.05, 3.63) is 58.4 Å². The van der Waals surface area contributed by atoms with Crippen LogP contribution in [0.2, 0.25) is 0 Å². The zero-order valence-corrected chi connectivity index (χ0v) is 16.6. The van der Waals surface area contributed by atoms with E-state index in [1.54, 1.807) is 19.9 Å². The lowest BCUT2D eigenvalue weighted by Gasteiger charge is -2.18. The summed E-state index contributed by atoms with van der Waals surface area (Å²) >= 11 is 0. The van der Waals surface area contributed by atoms with E-state index < -0.39 is 35.6 Å². The van der Waals surface area contributed by atoms with Gasteiger partial charge in [-0.1, -0.05) is 37.3 Å². The molecule has 2 aromatic carbocycles. The first-order valence-electron chi connectivity index (χ1n) is 9.56. The first-order valence-corrected chi connectivity index (χ1v) is 9.56. The fourth-order valence-electron chi connectivity index (χ4n) is 3.60. The van der Waals surface area contributed by atoms with Gasteiger partial charge in [0.1, 0.15) is 24.3 Å². The number of nitrogens with one attached hydrogen (secondary N) is 1. The Hall–Kier alpha value is -3.68. The average molecular weight is 408 g/mol. The second-order valence-corrected chi connectivity index (χ2v) is 7.42. The van der Waals surface area contributed by atoms with Crippen LogP contribution in [0.3, 0.4) is 0 Å². The van der Waals surface area contributed by atoms with Crippen LogP contribution >= 0.6 is 0 Å². The molecule has 154 valence electrons. The van der Waals surface area contributed by atoms with Crippen molar-refractivity contribution in [2.24, 2.45) is 0 Å². The summed E-state index contributed by atoms with van der Waals surface area (Å²) in [5.74, 6) is -1.22. The fraction of sp³-hybridized carbons (Fsp3) is 0.273. The Morgan fingerprint density at radius 2 is 1.93 bits per heavy atom. The summed E-state index contributed by atoms with van der Waals surface area (Å²) in [7, 11) is 0. The molecule has 8 heteroatoms. The first-order chi connectivity index (χ1) is 14.3. The lowest BCUT2D eigenvalue weighted by atomic mass is 9.99. The molecular formula is C22H20N2O6. The van der Waals surface area contributed by atoms with Crippen molar-refractivity contribution in [1.82, 2.24) is 10.2 Å². The van der Waals surface area contributed by atoms with Crippen LogP contribution < -0.4 is 10.9 Å². The Kier molecular flexibility index (Phi) is 4.77. The number of amides is 3. The van der Waals surface area contributed by atoms with E-state index in [1.807, 2.05) is 30.3 Å². The minimum absolute atomic E-state index is 0.191. The molecule has 3 aromatic rings.